The first-order valence-corrected chi connectivity index (χ1v) is 13.4. The van der Waals surface area contributed by atoms with Crippen LogP contribution in [0.15, 0.2) is 82.2 Å². The standard InChI is InChI=1S/C28H20F2N4O3S/c1-15-18-10-11-21(20-9-7-16(13-23(20)29)19-5-3-4-6-25(19)38(2,35)36)26(30)27(18)34(32-15)17-8-12-24-22(14-17)28(31)33-37-24/h3-14H,1-2H3,(H2,31,33). The topological polar surface area (TPSA) is 104 Å². The molecule has 0 unspecified atom stereocenters. The highest BCUT2D eigenvalue weighted by molar-refractivity contribution is 7.90. The quantitative estimate of drug-likeness (QED) is 0.297. The Morgan fingerprint density at radius 1 is 0.895 bits per heavy atom. The van der Waals surface area contributed by atoms with Crippen molar-refractivity contribution in [3.63, 3.8) is 0 Å². The summed E-state index contributed by atoms with van der Waals surface area (Å²) in [7, 11) is -3.54. The molecule has 10 heteroatoms. The Bertz CT molecular complexity index is 2010. The number of hydrogen-bond donors (Lipinski definition) is 1. The van der Waals surface area contributed by atoms with E-state index in [1.807, 2.05) is 0 Å². The van der Waals surface area contributed by atoms with Crippen LogP contribution in [0.2, 0.25) is 0 Å². The molecule has 6 rings (SSSR count). The molecular formula is C28H20F2N4O3S. The summed E-state index contributed by atoms with van der Waals surface area (Å²) in [6, 6.07) is 18.9. The van der Waals surface area contributed by atoms with Gasteiger partial charge in [0.15, 0.2) is 27.1 Å². The van der Waals surface area contributed by atoms with Gasteiger partial charge in [0, 0.05) is 28.3 Å². The smallest absolute Gasteiger partial charge is 0.176 e. The van der Waals surface area contributed by atoms with Gasteiger partial charge in [0.05, 0.1) is 21.7 Å². The van der Waals surface area contributed by atoms with Crippen molar-refractivity contribution in [2.24, 2.45) is 0 Å². The molecule has 2 heterocycles. The molecule has 38 heavy (non-hydrogen) atoms. The Hall–Kier alpha value is -4.57. The fourth-order valence-electron chi connectivity index (χ4n) is 4.72. The van der Waals surface area contributed by atoms with E-state index in [2.05, 4.69) is 10.3 Å². The van der Waals surface area contributed by atoms with Crippen LogP contribution in [-0.2, 0) is 9.84 Å². The van der Waals surface area contributed by atoms with Crippen LogP contribution < -0.4 is 5.73 Å². The van der Waals surface area contributed by atoms with Gasteiger partial charge in [-0.05, 0) is 42.8 Å². The third-order valence-corrected chi connectivity index (χ3v) is 7.71. The van der Waals surface area contributed by atoms with Gasteiger partial charge in [-0.25, -0.2) is 21.9 Å². The number of sulfone groups is 1. The van der Waals surface area contributed by atoms with Crippen molar-refractivity contribution in [3.05, 3.63) is 90.1 Å². The zero-order valence-corrected chi connectivity index (χ0v) is 21.1. The van der Waals surface area contributed by atoms with E-state index in [9.17, 15) is 8.42 Å². The minimum Gasteiger partial charge on any atom is -0.380 e. The predicted octanol–water partition coefficient (Wildman–Crippen LogP) is 6.07. The van der Waals surface area contributed by atoms with Gasteiger partial charge >= 0.3 is 0 Å². The molecule has 0 aliphatic carbocycles. The number of hydrogen-bond acceptors (Lipinski definition) is 6. The Morgan fingerprint density at radius 2 is 1.66 bits per heavy atom. The maximum Gasteiger partial charge on any atom is 0.176 e. The van der Waals surface area contributed by atoms with Crippen LogP contribution >= 0.6 is 0 Å². The van der Waals surface area contributed by atoms with E-state index < -0.39 is 21.5 Å². The van der Waals surface area contributed by atoms with Gasteiger partial charge < -0.3 is 10.3 Å². The Balaban J connectivity index is 1.51. The highest BCUT2D eigenvalue weighted by Crippen LogP contribution is 2.36. The third kappa shape index (κ3) is 3.72. The Labute approximate surface area is 216 Å². The maximum absolute atomic E-state index is 16.1. The van der Waals surface area contributed by atoms with Crippen molar-refractivity contribution in [3.8, 4) is 27.9 Å². The molecule has 0 aliphatic heterocycles. The first-order chi connectivity index (χ1) is 18.1. The molecule has 0 radical (unpaired) electrons. The van der Waals surface area contributed by atoms with Crippen molar-refractivity contribution in [2.75, 3.05) is 12.0 Å². The van der Waals surface area contributed by atoms with Gasteiger partial charge in [0.2, 0.25) is 0 Å². The summed E-state index contributed by atoms with van der Waals surface area (Å²) in [5.41, 5.74) is 8.51. The summed E-state index contributed by atoms with van der Waals surface area (Å²) in [4.78, 5) is 0.0876. The fraction of sp³-hybridized carbons (Fsp3) is 0.0714. The van der Waals surface area contributed by atoms with Crippen molar-refractivity contribution in [1.82, 2.24) is 14.9 Å². The number of nitrogens with zero attached hydrogens (tertiary/aromatic N) is 3. The average molecular weight is 531 g/mol. The van der Waals surface area contributed by atoms with Gasteiger partial charge in [-0.3, -0.25) is 0 Å². The molecule has 6 aromatic rings. The average Bonchev–Trinajstić information content (AvgIpc) is 3.44. The third-order valence-electron chi connectivity index (χ3n) is 6.55. The van der Waals surface area contributed by atoms with Gasteiger partial charge in [-0.1, -0.05) is 47.6 Å². The second kappa shape index (κ2) is 8.49. The summed E-state index contributed by atoms with van der Waals surface area (Å²) in [6.07, 6.45) is 1.10. The van der Waals surface area contributed by atoms with E-state index in [0.717, 1.165) is 6.26 Å². The second-order valence-electron chi connectivity index (χ2n) is 9.03. The van der Waals surface area contributed by atoms with Crippen LogP contribution in [0.3, 0.4) is 0 Å². The molecule has 0 atom stereocenters. The molecule has 0 fully saturated rings. The van der Waals surface area contributed by atoms with Crippen molar-refractivity contribution in [2.45, 2.75) is 11.8 Å². The van der Waals surface area contributed by atoms with Crippen LogP contribution in [0.25, 0.3) is 49.8 Å². The normalized spacial score (nSPS) is 12.0. The molecule has 0 amide bonds. The van der Waals surface area contributed by atoms with Gasteiger partial charge in [-0.2, -0.15) is 5.10 Å². The number of aromatic nitrogens is 3. The number of nitrogen functional groups attached to an aromatic ring is 1. The molecule has 0 spiro atoms. The lowest BCUT2D eigenvalue weighted by atomic mass is 9.98. The van der Waals surface area contributed by atoms with Crippen LogP contribution in [-0.4, -0.2) is 29.6 Å². The van der Waals surface area contributed by atoms with Crippen LogP contribution in [0.5, 0.6) is 0 Å². The molecular weight excluding hydrogens is 510 g/mol. The zero-order valence-electron chi connectivity index (χ0n) is 20.2. The van der Waals surface area contributed by atoms with Crippen LogP contribution in [0.4, 0.5) is 14.6 Å². The molecule has 0 aliphatic rings. The minimum absolute atomic E-state index is 0.0362. The summed E-state index contributed by atoms with van der Waals surface area (Å²) < 4.78 is 62.6. The lowest BCUT2D eigenvalue weighted by molar-refractivity contribution is 0.460. The number of rotatable bonds is 4. The van der Waals surface area contributed by atoms with Crippen molar-refractivity contribution >= 4 is 37.5 Å². The summed E-state index contributed by atoms with van der Waals surface area (Å²) in [5.74, 6) is -1.13. The number of fused-ring (bicyclic) bond motifs is 2. The predicted molar refractivity (Wildman–Crippen MR) is 142 cm³/mol. The highest BCUT2D eigenvalue weighted by atomic mass is 32.2. The Kier molecular flexibility index (Phi) is 5.32. The van der Waals surface area contributed by atoms with Crippen molar-refractivity contribution in [1.29, 1.82) is 0 Å². The number of nitrogens with two attached hydrogens (primary N) is 1. The molecule has 2 aromatic heterocycles. The van der Waals surface area contributed by atoms with E-state index in [0.29, 0.717) is 38.9 Å². The molecule has 4 aromatic carbocycles. The van der Waals surface area contributed by atoms with Crippen LogP contribution in [0, 0.1) is 18.6 Å². The summed E-state index contributed by atoms with van der Waals surface area (Å²) >= 11 is 0. The van der Waals surface area contributed by atoms with Crippen molar-refractivity contribution < 1.29 is 21.7 Å². The van der Waals surface area contributed by atoms with Crippen LogP contribution in [0.1, 0.15) is 5.69 Å². The molecule has 2 N–H and O–H groups in total. The molecule has 0 saturated heterocycles. The first kappa shape index (κ1) is 23.8. The summed E-state index contributed by atoms with van der Waals surface area (Å²) in [5, 5.41) is 9.41. The lowest BCUT2D eigenvalue weighted by Gasteiger charge is -2.12. The number of anilines is 1. The minimum atomic E-state index is -3.54. The molecule has 190 valence electrons. The SMILES string of the molecule is Cc1nn(-c2ccc3onc(N)c3c2)c2c(F)c(-c3ccc(-c4ccccc4S(C)(=O)=O)cc3F)ccc12. The monoisotopic (exact) mass is 530 g/mol. The van der Waals surface area contributed by atoms with E-state index in [4.69, 9.17) is 10.3 Å². The van der Waals surface area contributed by atoms with E-state index >= 15 is 8.78 Å². The lowest BCUT2D eigenvalue weighted by Crippen LogP contribution is -2.01. The number of benzene rings is 4. The van der Waals surface area contributed by atoms with Gasteiger partial charge in [0.1, 0.15) is 11.3 Å². The molecule has 0 bridgehead atoms. The maximum atomic E-state index is 16.1. The number of aryl methyl sites for hydroxylation is 1. The van der Waals surface area contributed by atoms with Gasteiger partial charge in [0.25, 0.3) is 0 Å². The van der Waals surface area contributed by atoms with E-state index in [1.165, 1.54) is 28.9 Å². The van der Waals surface area contributed by atoms with E-state index in [-0.39, 0.29) is 27.4 Å². The largest absolute Gasteiger partial charge is 0.380 e. The van der Waals surface area contributed by atoms with E-state index in [1.54, 1.807) is 55.5 Å². The summed E-state index contributed by atoms with van der Waals surface area (Å²) in [6.45, 7) is 1.76. The Morgan fingerprint density at radius 3 is 2.42 bits per heavy atom. The highest BCUT2D eigenvalue weighted by Gasteiger charge is 2.21. The van der Waals surface area contributed by atoms with Gasteiger partial charge in [-0.15, -0.1) is 0 Å². The second-order valence-corrected chi connectivity index (χ2v) is 11.0. The fourth-order valence-corrected chi connectivity index (χ4v) is 5.63. The molecule has 0 saturated carbocycles. The number of halogens is 2. The first-order valence-electron chi connectivity index (χ1n) is 11.6. The zero-order chi connectivity index (χ0) is 26.8. The molecule has 7 nitrogen and oxygen atoms in total.